The number of halogens is 1. The van der Waals surface area contributed by atoms with E-state index < -0.39 is 0 Å². The van der Waals surface area contributed by atoms with Gasteiger partial charge in [0.05, 0.1) is 19.3 Å². The number of hydrogen-bond acceptors (Lipinski definition) is 4. The third-order valence-electron chi connectivity index (χ3n) is 3.55. The number of benzene rings is 1. The van der Waals surface area contributed by atoms with Gasteiger partial charge in [-0.05, 0) is 38.5 Å². The summed E-state index contributed by atoms with van der Waals surface area (Å²) in [7, 11) is 0. The van der Waals surface area contributed by atoms with Crippen molar-refractivity contribution in [1.29, 1.82) is 0 Å². The average Bonchev–Trinajstić information content (AvgIpc) is 2.45. The summed E-state index contributed by atoms with van der Waals surface area (Å²) in [5.74, 6) is 0. The van der Waals surface area contributed by atoms with E-state index in [1.165, 1.54) is 11.3 Å². The fourth-order valence-corrected chi connectivity index (χ4v) is 2.81. The van der Waals surface area contributed by atoms with Crippen LogP contribution in [0.5, 0.6) is 0 Å². The van der Waals surface area contributed by atoms with Gasteiger partial charge in [-0.1, -0.05) is 22.0 Å². The lowest BCUT2D eigenvalue weighted by atomic mass is 10.1. The maximum Gasteiger partial charge on any atom is 0.0980 e. The molecule has 1 aromatic carbocycles. The van der Waals surface area contributed by atoms with E-state index >= 15 is 0 Å². The molecule has 1 unspecified atom stereocenters. The lowest BCUT2D eigenvalue weighted by Gasteiger charge is -2.34. The number of aliphatic hydroxyl groups is 1. The molecule has 0 saturated carbocycles. The molecule has 118 valence electrons. The molecule has 2 rings (SSSR count). The molecule has 4 nitrogen and oxygen atoms in total. The minimum atomic E-state index is -0.0836. The summed E-state index contributed by atoms with van der Waals surface area (Å²) in [6.07, 6.45) is -0.0836. The molecule has 1 aliphatic rings. The third-order valence-corrected chi connectivity index (χ3v) is 4.29. The summed E-state index contributed by atoms with van der Waals surface area (Å²) >= 11 is 3.67. The Bertz CT molecular complexity index is 474. The van der Waals surface area contributed by atoms with Crippen LogP contribution in [-0.4, -0.2) is 43.1 Å². The maximum absolute atomic E-state index is 9.23. The lowest BCUT2D eigenvalue weighted by molar-refractivity contribution is 0.00356. The van der Waals surface area contributed by atoms with E-state index in [1.54, 1.807) is 0 Å². The number of rotatable bonds is 4. The van der Waals surface area contributed by atoms with E-state index in [4.69, 9.17) is 4.74 Å². The van der Waals surface area contributed by atoms with Gasteiger partial charge < -0.3 is 20.1 Å². The van der Waals surface area contributed by atoms with Gasteiger partial charge in [0.2, 0.25) is 0 Å². The summed E-state index contributed by atoms with van der Waals surface area (Å²) in [4.78, 5) is 2.26. The van der Waals surface area contributed by atoms with Crippen molar-refractivity contribution >= 4 is 21.6 Å². The molecule has 0 bridgehead atoms. The molecule has 1 fully saturated rings. The van der Waals surface area contributed by atoms with Crippen molar-refractivity contribution in [1.82, 2.24) is 5.32 Å². The highest BCUT2D eigenvalue weighted by molar-refractivity contribution is 9.10. The summed E-state index contributed by atoms with van der Waals surface area (Å²) in [6, 6.07) is 6.45. The van der Waals surface area contributed by atoms with Crippen LogP contribution in [0.1, 0.15) is 26.3 Å². The summed E-state index contributed by atoms with van der Waals surface area (Å²) < 4.78 is 6.61. The SMILES string of the molecule is CC(C)(C)NCc1ccc(N2CCOC(CO)C2)cc1Br. The Morgan fingerprint density at radius 3 is 2.81 bits per heavy atom. The standard InChI is InChI=1S/C16H25BrN2O2/c1-16(2,3)18-9-12-4-5-13(8-15(12)17)19-6-7-21-14(10-19)11-20/h4-5,8,14,18,20H,6-7,9-11H2,1-3H3. The first-order chi connectivity index (χ1) is 9.89. The number of nitrogens with zero attached hydrogens (tertiary/aromatic N) is 1. The van der Waals surface area contributed by atoms with E-state index in [0.29, 0.717) is 6.61 Å². The van der Waals surface area contributed by atoms with Gasteiger partial charge in [0.1, 0.15) is 0 Å². The van der Waals surface area contributed by atoms with E-state index in [2.05, 4.69) is 65.1 Å². The molecule has 5 heteroatoms. The monoisotopic (exact) mass is 356 g/mol. The second-order valence-electron chi connectivity index (χ2n) is 6.50. The van der Waals surface area contributed by atoms with Gasteiger partial charge in [-0.2, -0.15) is 0 Å². The van der Waals surface area contributed by atoms with Crippen LogP contribution in [0, 0.1) is 0 Å². The largest absolute Gasteiger partial charge is 0.394 e. The van der Waals surface area contributed by atoms with Gasteiger partial charge in [0, 0.05) is 35.3 Å². The summed E-state index contributed by atoms with van der Waals surface area (Å²) in [6.45, 7) is 9.67. The fourth-order valence-electron chi connectivity index (χ4n) is 2.30. The quantitative estimate of drug-likeness (QED) is 0.869. The first-order valence-electron chi connectivity index (χ1n) is 7.40. The zero-order chi connectivity index (χ0) is 15.5. The van der Waals surface area contributed by atoms with Crippen LogP contribution in [0.25, 0.3) is 0 Å². The first kappa shape index (κ1) is 16.7. The van der Waals surface area contributed by atoms with Crippen LogP contribution < -0.4 is 10.2 Å². The van der Waals surface area contributed by atoms with Crippen molar-refractivity contribution in [2.45, 2.75) is 39.0 Å². The summed E-state index contributed by atoms with van der Waals surface area (Å²) in [5.41, 5.74) is 2.53. The Morgan fingerprint density at radius 2 is 2.19 bits per heavy atom. The maximum atomic E-state index is 9.23. The number of ether oxygens (including phenoxy) is 1. The number of morpholine rings is 1. The van der Waals surface area contributed by atoms with Crippen LogP contribution in [-0.2, 0) is 11.3 Å². The van der Waals surface area contributed by atoms with E-state index in [1.807, 2.05) is 0 Å². The van der Waals surface area contributed by atoms with Gasteiger partial charge in [0.25, 0.3) is 0 Å². The predicted molar refractivity (Wildman–Crippen MR) is 89.8 cm³/mol. The van der Waals surface area contributed by atoms with Crippen molar-refractivity contribution in [3.8, 4) is 0 Å². The van der Waals surface area contributed by atoms with Gasteiger partial charge in [0.15, 0.2) is 0 Å². The van der Waals surface area contributed by atoms with Crippen LogP contribution >= 0.6 is 15.9 Å². The topological polar surface area (TPSA) is 44.7 Å². The van der Waals surface area contributed by atoms with E-state index in [0.717, 1.165) is 24.1 Å². The number of nitrogens with one attached hydrogen (secondary N) is 1. The van der Waals surface area contributed by atoms with Crippen LogP contribution in [0.2, 0.25) is 0 Å². The van der Waals surface area contributed by atoms with Crippen LogP contribution in [0.3, 0.4) is 0 Å². The fraction of sp³-hybridized carbons (Fsp3) is 0.625. The molecular formula is C16H25BrN2O2. The molecular weight excluding hydrogens is 332 g/mol. The molecule has 0 amide bonds. The van der Waals surface area contributed by atoms with Gasteiger partial charge in [-0.15, -0.1) is 0 Å². The Kier molecular flexibility index (Phi) is 5.66. The molecule has 21 heavy (non-hydrogen) atoms. The molecule has 0 spiro atoms. The zero-order valence-corrected chi connectivity index (χ0v) is 14.6. The number of hydrogen-bond donors (Lipinski definition) is 2. The number of aliphatic hydroxyl groups excluding tert-OH is 1. The second-order valence-corrected chi connectivity index (χ2v) is 7.35. The van der Waals surface area contributed by atoms with Crippen molar-refractivity contribution in [3.63, 3.8) is 0 Å². The Labute approximate surface area is 135 Å². The average molecular weight is 357 g/mol. The van der Waals surface area contributed by atoms with Gasteiger partial charge >= 0.3 is 0 Å². The highest BCUT2D eigenvalue weighted by Gasteiger charge is 2.20. The molecule has 1 heterocycles. The molecule has 0 aromatic heterocycles. The predicted octanol–water partition coefficient (Wildman–Crippen LogP) is 2.53. The zero-order valence-electron chi connectivity index (χ0n) is 13.0. The smallest absolute Gasteiger partial charge is 0.0980 e. The number of anilines is 1. The van der Waals surface area contributed by atoms with E-state index in [9.17, 15) is 5.11 Å². The lowest BCUT2D eigenvalue weighted by Crippen LogP contribution is -2.44. The molecule has 1 aliphatic heterocycles. The van der Waals surface area contributed by atoms with Crippen LogP contribution in [0.15, 0.2) is 22.7 Å². The minimum Gasteiger partial charge on any atom is -0.394 e. The summed E-state index contributed by atoms with van der Waals surface area (Å²) in [5, 5.41) is 12.7. The van der Waals surface area contributed by atoms with E-state index in [-0.39, 0.29) is 18.2 Å². The third kappa shape index (κ3) is 4.95. The van der Waals surface area contributed by atoms with Crippen molar-refractivity contribution < 1.29 is 9.84 Å². The molecule has 1 saturated heterocycles. The van der Waals surface area contributed by atoms with Crippen molar-refractivity contribution in [3.05, 3.63) is 28.2 Å². The Balaban J connectivity index is 2.04. The van der Waals surface area contributed by atoms with Crippen molar-refractivity contribution in [2.75, 3.05) is 31.2 Å². The van der Waals surface area contributed by atoms with Gasteiger partial charge in [-0.25, -0.2) is 0 Å². The second kappa shape index (κ2) is 7.09. The molecule has 1 atom stereocenters. The van der Waals surface area contributed by atoms with Crippen molar-refractivity contribution in [2.24, 2.45) is 0 Å². The first-order valence-corrected chi connectivity index (χ1v) is 8.19. The van der Waals surface area contributed by atoms with Crippen LogP contribution in [0.4, 0.5) is 5.69 Å². The molecule has 0 aliphatic carbocycles. The Hall–Kier alpha value is -0.620. The highest BCUT2D eigenvalue weighted by atomic mass is 79.9. The highest BCUT2D eigenvalue weighted by Crippen LogP contribution is 2.26. The molecule has 2 N–H and O–H groups in total. The Morgan fingerprint density at radius 1 is 1.43 bits per heavy atom. The van der Waals surface area contributed by atoms with Gasteiger partial charge in [-0.3, -0.25) is 0 Å². The molecule has 0 radical (unpaired) electrons. The molecule has 1 aromatic rings. The minimum absolute atomic E-state index is 0.0747. The normalized spacial score (nSPS) is 19.9.